The number of ether oxygens (including phenoxy) is 1. The molecule has 0 aliphatic heterocycles. The van der Waals surface area contributed by atoms with Gasteiger partial charge in [0.25, 0.3) is 5.91 Å². The Labute approximate surface area is 146 Å². The van der Waals surface area contributed by atoms with Crippen LogP contribution in [0.1, 0.15) is 21.6 Å². The summed E-state index contributed by atoms with van der Waals surface area (Å²) in [5, 5.41) is 11.4. The highest BCUT2D eigenvalue weighted by Crippen LogP contribution is 2.17. The van der Waals surface area contributed by atoms with Crippen molar-refractivity contribution in [3.63, 3.8) is 0 Å². The summed E-state index contributed by atoms with van der Waals surface area (Å²) in [6.45, 7) is 2.59. The van der Waals surface area contributed by atoms with Crippen molar-refractivity contribution in [3.05, 3.63) is 71.5 Å². The summed E-state index contributed by atoms with van der Waals surface area (Å²) >= 11 is 0. The van der Waals surface area contributed by atoms with E-state index in [1.807, 2.05) is 55.5 Å². The van der Waals surface area contributed by atoms with Crippen molar-refractivity contribution in [2.24, 2.45) is 0 Å². The molecule has 3 aromatic rings. The maximum absolute atomic E-state index is 12.5. The van der Waals surface area contributed by atoms with Crippen molar-refractivity contribution in [1.29, 1.82) is 0 Å². The van der Waals surface area contributed by atoms with Gasteiger partial charge < -0.3 is 10.1 Å². The lowest BCUT2D eigenvalue weighted by atomic mass is 10.1. The lowest BCUT2D eigenvalue weighted by molar-refractivity contribution is 0.102. The average molecular weight is 336 g/mol. The Morgan fingerprint density at radius 1 is 1.20 bits per heavy atom. The number of nitrogens with one attached hydrogen (secondary N) is 1. The first-order valence-corrected chi connectivity index (χ1v) is 8.05. The van der Waals surface area contributed by atoms with Gasteiger partial charge in [0.15, 0.2) is 5.69 Å². The Morgan fingerprint density at radius 2 is 2.04 bits per heavy atom. The van der Waals surface area contributed by atoms with Gasteiger partial charge >= 0.3 is 0 Å². The van der Waals surface area contributed by atoms with E-state index in [-0.39, 0.29) is 11.6 Å². The standard InChI is InChI=1S/C19H20N4O2/c1-14-6-5-8-16(12-14)23-20-13-18(22-23)19(24)21-17-9-4-3-7-15(17)10-11-25-2/h3-9,12-13H,10-11H2,1-2H3,(H,21,24). The molecule has 1 heterocycles. The third-order valence-corrected chi connectivity index (χ3v) is 3.80. The van der Waals surface area contributed by atoms with Gasteiger partial charge in [-0.3, -0.25) is 4.79 Å². The highest BCUT2D eigenvalue weighted by Gasteiger charge is 2.13. The fourth-order valence-electron chi connectivity index (χ4n) is 2.50. The van der Waals surface area contributed by atoms with Crippen LogP contribution in [0, 0.1) is 6.92 Å². The predicted molar refractivity (Wildman–Crippen MR) is 96.1 cm³/mol. The molecule has 0 radical (unpaired) electrons. The molecule has 1 amide bonds. The van der Waals surface area contributed by atoms with E-state index in [2.05, 4.69) is 15.5 Å². The molecule has 0 saturated carbocycles. The zero-order valence-electron chi connectivity index (χ0n) is 14.3. The molecule has 0 atom stereocenters. The van der Waals surface area contributed by atoms with Gasteiger partial charge in [-0.15, -0.1) is 5.10 Å². The zero-order chi connectivity index (χ0) is 17.6. The minimum Gasteiger partial charge on any atom is -0.384 e. The maximum Gasteiger partial charge on any atom is 0.277 e. The van der Waals surface area contributed by atoms with Gasteiger partial charge in [0.1, 0.15) is 0 Å². The molecule has 1 N–H and O–H groups in total. The van der Waals surface area contributed by atoms with Crippen LogP contribution in [-0.4, -0.2) is 34.6 Å². The summed E-state index contributed by atoms with van der Waals surface area (Å²) < 4.78 is 5.11. The van der Waals surface area contributed by atoms with Crippen LogP contribution >= 0.6 is 0 Å². The molecule has 6 heteroatoms. The second-order valence-electron chi connectivity index (χ2n) is 5.71. The van der Waals surface area contributed by atoms with Crippen LogP contribution in [0.25, 0.3) is 5.69 Å². The molecule has 1 aromatic heterocycles. The van der Waals surface area contributed by atoms with Gasteiger partial charge in [0.2, 0.25) is 0 Å². The van der Waals surface area contributed by atoms with E-state index >= 15 is 0 Å². The number of carbonyl (C=O) groups is 1. The van der Waals surface area contributed by atoms with E-state index in [9.17, 15) is 4.79 Å². The fourth-order valence-corrected chi connectivity index (χ4v) is 2.50. The molecular formula is C19H20N4O2. The number of para-hydroxylation sites is 1. The van der Waals surface area contributed by atoms with Crippen molar-refractivity contribution < 1.29 is 9.53 Å². The Bertz CT molecular complexity index is 873. The number of aryl methyl sites for hydroxylation is 1. The predicted octanol–water partition coefficient (Wildman–Crippen LogP) is 3.02. The van der Waals surface area contributed by atoms with Crippen LogP contribution in [-0.2, 0) is 11.2 Å². The number of hydrogen-bond donors (Lipinski definition) is 1. The normalized spacial score (nSPS) is 10.6. The number of amides is 1. The summed E-state index contributed by atoms with van der Waals surface area (Å²) in [5.74, 6) is -0.288. The van der Waals surface area contributed by atoms with Crippen molar-refractivity contribution >= 4 is 11.6 Å². The Kier molecular flexibility index (Phi) is 5.20. The van der Waals surface area contributed by atoms with E-state index < -0.39 is 0 Å². The lowest BCUT2D eigenvalue weighted by Gasteiger charge is -2.09. The highest BCUT2D eigenvalue weighted by atomic mass is 16.5. The van der Waals surface area contributed by atoms with Gasteiger partial charge in [-0.1, -0.05) is 30.3 Å². The van der Waals surface area contributed by atoms with Crippen molar-refractivity contribution in [3.8, 4) is 5.69 Å². The minimum atomic E-state index is -0.288. The molecule has 25 heavy (non-hydrogen) atoms. The molecule has 0 aliphatic rings. The minimum absolute atomic E-state index is 0.267. The number of rotatable bonds is 6. The van der Waals surface area contributed by atoms with Crippen LogP contribution in [0.2, 0.25) is 0 Å². The topological polar surface area (TPSA) is 69.0 Å². The number of benzene rings is 2. The second-order valence-corrected chi connectivity index (χ2v) is 5.71. The van der Waals surface area contributed by atoms with Crippen LogP contribution in [0.15, 0.2) is 54.7 Å². The number of methoxy groups -OCH3 is 1. The van der Waals surface area contributed by atoms with E-state index in [0.717, 1.165) is 28.9 Å². The van der Waals surface area contributed by atoms with Crippen LogP contribution < -0.4 is 5.32 Å². The summed E-state index contributed by atoms with van der Waals surface area (Å²) in [7, 11) is 1.66. The molecule has 0 unspecified atom stereocenters. The van der Waals surface area contributed by atoms with Gasteiger partial charge in [0, 0.05) is 12.8 Å². The van der Waals surface area contributed by atoms with E-state index in [1.165, 1.54) is 11.0 Å². The Balaban J connectivity index is 1.77. The van der Waals surface area contributed by atoms with E-state index in [0.29, 0.717) is 6.61 Å². The highest BCUT2D eigenvalue weighted by molar-refractivity contribution is 6.03. The molecular weight excluding hydrogens is 316 g/mol. The van der Waals surface area contributed by atoms with Crippen molar-refractivity contribution in [2.75, 3.05) is 19.0 Å². The number of anilines is 1. The zero-order valence-corrected chi connectivity index (χ0v) is 14.3. The summed E-state index contributed by atoms with van der Waals surface area (Å²) in [5.41, 5.74) is 3.97. The summed E-state index contributed by atoms with van der Waals surface area (Å²) in [4.78, 5) is 14.0. The first-order chi connectivity index (χ1) is 12.2. The second kappa shape index (κ2) is 7.72. The smallest absolute Gasteiger partial charge is 0.277 e. The van der Waals surface area contributed by atoms with Crippen LogP contribution in [0.3, 0.4) is 0 Å². The third-order valence-electron chi connectivity index (χ3n) is 3.80. The van der Waals surface area contributed by atoms with Crippen LogP contribution in [0.4, 0.5) is 5.69 Å². The molecule has 0 aliphatic carbocycles. The molecule has 0 bridgehead atoms. The quantitative estimate of drug-likeness (QED) is 0.751. The SMILES string of the molecule is COCCc1ccccc1NC(=O)c1cnn(-c2cccc(C)c2)n1. The third kappa shape index (κ3) is 4.10. The molecule has 0 fully saturated rings. The molecule has 128 valence electrons. The summed E-state index contributed by atoms with van der Waals surface area (Å²) in [6, 6.07) is 15.4. The number of carbonyl (C=O) groups excluding carboxylic acids is 1. The van der Waals surface area contributed by atoms with Gasteiger partial charge in [-0.05, 0) is 42.7 Å². The lowest BCUT2D eigenvalue weighted by Crippen LogP contribution is -2.15. The largest absolute Gasteiger partial charge is 0.384 e. The molecule has 3 rings (SSSR count). The first kappa shape index (κ1) is 16.9. The molecule has 0 spiro atoms. The van der Waals surface area contributed by atoms with Gasteiger partial charge in [-0.25, -0.2) is 0 Å². The first-order valence-electron chi connectivity index (χ1n) is 8.05. The maximum atomic E-state index is 12.5. The number of hydrogen-bond acceptors (Lipinski definition) is 4. The van der Waals surface area contributed by atoms with Gasteiger partial charge in [0.05, 0.1) is 18.5 Å². The molecule has 6 nitrogen and oxygen atoms in total. The number of aromatic nitrogens is 3. The molecule has 2 aromatic carbocycles. The summed E-state index contributed by atoms with van der Waals surface area (Å²) in [6.07, 6.45) is 2.19. The average Bonchev–Trinajstić information content (AvgIpc) is 3.11. The van der Waals surface area contributed by atoms with Crippen molar-refractivity contribution in [2.45, 2.75) is 13.3 Å². The fraction of sp³-hybridized carbons (Fsp3) is 0.211. The van der Waals surface area contributed by atoms with Gasteiger partial charge in [-0.2, -0.15) is 9.90 Å². The monoisotopic (exact) mass is 336 g/mol. The van der Waals surface area contributed by atoms with Crippen molar-refractivity contribution in [1.82, 2.24) is 15.0 Å². The number of nitrogens with zero attached hydrogens (tertiary/aromatic N) is 3. The Hall–Kier alpha value is -2.99. The Morgan fingerprint density at radius 3 is 2.84 bits per heavy atom. The van der Waals surface area contributed by atoms with E-state index in [1.54, 1.807) is 7.11 Å². The van der Waals surface area contributed by atoms with E-state index in [4.69, 9.17) is 4.74 Å². The molecule has 0 saturated heterocycles. The van der Waals surface area contributed by atoms with Crippen LogP contribution in [0.5, 0.6) is 0 Å².